The number of rotatable bonds is 3. The Morgan fingerprint density at radius 2 is 1.85 bits per heavy atom. The monoisotopic (exact) mass is 491 g/mol. The van der Waals surface area contributed by atoms with Crippen molar-refractivity contribution in [3.63, 3.8) is 0 Å². The molecule has 1 N–H and O–H groups in total. The smallest absolute Gasteiger partial charge is 0.293 e. The van der Waals surface area contributed by atoms with Crippen molar-refractivity contribution in [3.8, 4) is 5.75 Å². The first-order valence-corrected chi connectivity index (χ1v) is 9.88. The highest BCUT2D eigenvalue weighted by atomic mass is 79.9. The van der Waals surface area contributed by atoms with Crippen LogP contribution in [0.5, 0.6) is 5.75 Å². The van der Waals surface area contributed by atoms with E-state index in [1.807, 2.05) is 0 Å². The van der Waals surface area contributed by atoms with Gasteiger partial charge in [0, 0.05) is 10.6 Å². The van der Waals surface area contributed by atoms with Gasteiger partial charge in [-0.3, -0.25) is 14.5 Å². The van der Waals surface area contributed by atoms with Crippen molar-refractivity contribution in [2.24, 2.45) is 0 Å². The number of nitrogens with zero attached hydrogens (tertiary/aromatic N) is 1. The third kappa shape index (κ3) is 4.05. The van der Waals surface area contributed by atoms with Gasteiger partial charge in [-0.1, -0.05) is 40.9 Å². The minimum Gasteiger partial charge on any atom is -0.506 e. The summed E-state index contributed by atoms with van der Waals surface area (Å²) < 4.78 is 0.395. The number of carbonyl (C=O) groups excluding carboxylic acids is 2. The Morgan fingerprint density at radius 3 is 2.54 bits per heavy atom. The van der Waals surface area contributed by atoms with E-state index in [4.69, 9.17) is 34.8 Å². The molecule has 4 nitrogen and oxygen atoms in total. The van der Waals surface area contributed by atoms with Crippen molar-refractivity contribution in [1.29, 1.82) is 0 Å². The van der Waals surface area contributed by atoms with Gasteiger partial charge < -0.3 is 5.11 Å². The standard InChI is InChI=1S/C17H9BrCl3NO3S/c18-11-6-10(19)4-9(15(11)23)5-14-16(24)22(17(25)26-14)7-8-1-2-12(20)13(21)3-8/h1-6,23H,7H2/b14-5-. The van der Waals surface area contributed by atoms with Gasteiger partial charge in [0.2, 0.25) is 0 Å². The predicted octanol–water partition coefficient (Wildman–Crippen LogP) is 6.35. The topological polar surface area (TPSA) is 57.6 Å². The van der Waals surface area contributed by atoms with E-state index in [9.17, 15) is 14.7 Å². The fourth-order valence-electron chi connectivity index (χ4n) is 2.29. The molecule has 1 heterocycles. The molecule has 134 valence electrons. The van der Waals surface area contributed by atoms with Crippen molar-refractivity contribution in [2.45, 2.75) is 6.54 Å². The molecule has 9 heteroatoms. The molecule has 0 saturated carbocycles. The minimum atomic E-state index is -0.457. The summed E-state index contributed by atoms with van der Waals surface area (Å²) in [4.78, 5) is 26.1. The van der Waals surface area contributed by atoms with Gasteiger partial charge >= 0.3 is 0 Å². The van der Waals surface area contributed by atoms with E-state index < -0.39 is 11.1 Å². The Labute approximate surface area is 176 Å². The normalized spacial score (nSPS) is 16.0. The molecule has 0 aromatic heterocycles. The molecule has 0 radical (unpaired) electrons. The van der Waals surface area contributed by atoms with Crippen LogP contribution in [0.4, 0.5) is 4.79 Å². The lowest BCUT2D eigenvalue weighted by Crippen LogP contribution is -2.27. The number of benzene rings is 2. The highest BCUT2D eigenvalue weighted by molar-refractivity contribution is 9.10. The average molecular weight is 494 g/mol. The zero-order chi connectivity index (χ0) is 19.0. The Bertz CT molecular complexity index is 965. The van der Waals surface area contributed by atoms with Crippen LogP contribution in [-0.4, -0.2) is 21.2 Å². The number of thioether (sulfide) groups is 1. The van der Waals surface area contributed by atoms with E-state index in [2.05, 4.69) is 15.9 Å². The summed E-state index contributed by atoms with van der Waals surface area (Å²) in [5.74, 6) is -0.521. The molecule has 2 aromatic rings. The molecule has 26 heavy (non-hydrogen) atoms. The Hall–Kier alpha value is -1.18. The van der Waals surface area contributed by atoms with E-state index >= 15 is 0 Å². The number of hydrogen-bond acceptors (Lipinski definition) is 4. The zero-order valence-corrected chi connectivity index (χ0v) is 17.5. The van der Waals surface area contributed by atoms with E-state index in [0.717, 1.165) is 16.7 Å². The van der Waals surface area contributed by atoms with Crippen LogP contribution in [0.25, 0.3) is 6.08 Å². The van der Waals surface area contributed by atoms with Crippen LogP contribution in [0.2, 0.25) is 15.1 Å². The summed E-state index contributed by atoms with van der Waals surface area (Å²) >= 11 is 21.8. The molecule has 0 spiro atoms. The maximum absolute atomic E-state index is 12.6. The van der Waals surface area contributed by atoms with Gasteiger partial charge in [-0.05, 0) is 63.6 Å². The third-order valence-electron chi connectivity index (χ3n) is 3.54. The van der Waals surface area contributed by atoms with Crippen LogP contribution in [0, 0.1) is 0 Å². The fraction of sp³-hybridized carbons (Fsp3) is 0.0588. The molecule has 0 aliphatic carbocycles. The first-order chi connectivity index (χ1) is 12.3. The molecule has 0 bridgehead atoms. The van der Waals surface area contributed by atoms with Crippen LogP contribution in [0.1, 0.15) is 11.1 Å². The Morgan fingerprint density at radius 1 is 1.12 bits per heavy atom. The molecule has 1 aliphatic rings. The molecule has 2 amide bonds. The van der Waals surface area contributed by atoms with Crippen LogP contribution in [0.15, 0.2) is 39.7 Å². The molecule has 3 rings (SSSR count). The van der Waals surface area contributed by atoms with Crippen LogP contribution < -0.4 is 0 Å². The Balaban J connectivity index is 1.88. The average Bonchev–Trinajstić information content (AvgIpc) is 2.83. The number of phenolic OH excluding ortho intramolecular Hbond substituents is 1. The number of phenols is 1. The number of imide groups is 1. The van der Waals surface area contributed by atoms with Gasteiger partial charge in [0.25, 0.3) is 11.1 Å². The first-order valence-electron chi connectivity index (χ1n) is 7.13. The molecule has 1 aliphatic heterocycles. The van der Waals surface area contributed by atoms with Gasteiger partial charge in [0.1, 0.15) is 5.75 Å². The summed E-state index contributed by atoms with van der Waals surface area (Å²) in [5, 5.41) is 10.8. The second kappa shape index (κ2) is 7.82. The van der Waals surface area contributed by atoms with Gasteiger partial charge in [0.15, 0.2) is 0 Å². The lowest BCUT2D eigenvalue weighted by Gasteiger charge is -2.13. The number of carbonyl (C=O) groups is 2. The number of aromatic hydroxyl groups is 1. The fourth-order valence-corrected chi connectivity index (χ4v) is 4.28. The van der Waals surface area contributed by atoms with E-state index in [0.29, 0.717) is 30.7 Å². The first kappa shape index (κ1) is 19.6. The molecular formula is C17H9BrCl3NO3S. The minimum absolute atomic E-state index is 0.0642. The van der Waals surface area contributed by atoms with Crippen molar-refractivity contribution in [2.75, 3.05) is 0 Å². The summed E-state index contributed by atoms with van der Waals surface area (Å²) in [6.07, 6.45) is 1.44. The highest BCUT2D eigenvalue weighted by Crippen LogP contribution is 2.38. The highest BCUT2D eigenvalue weighted by Gasteiger charge is 2.35. The van der Waals surface area contributed by atoms with Gasteiger partial charge in [-0.15, -0.1) is 0 Å². The zero-order valence-electron chi connectivity index (χ0n) is 12.8. The van der Waals surface area contributed by atoms with Crippen LogP contribution in [-0.2, 0) is 11.3 Å². The number of amides is 2. The van der Waals surface area contributed by atoms with Crippen LogP contribution in [0.3, 0.4) is 0 Å². The van der Waals surface area contributed by atoms with E-state index in [1.54, 1.807) is 18.2 Å². The van der Waals surface area contributed by atoms with Crippen LogP contribution >= 0.6 is 62.5 Å². The Kier molecular flexibility index (Phi) is 5.89. The second-order valence-corrected chi connectivity index (χ2v) is 8.44. The predicted molar refractivity (Wildman–Crippen MR) is 109 cm³/mol. The van der Waals surface area contributed by atoms with Crippen molar-refractivity contribution >= 4 is 79.7 Å². The summed E-state index contributed by atoms with van der Waals surface area (Å²) in [7, 11) is 0. The van der Waals surface area contributed by atoms with Gasteiger partial charge in [0.05, 0.1) is 26.0 Å². The molecule has 0 unspecified atom stereocenters. The number of hydrogen-bond donors (Lipinski definition) is 1. The van der Waals surface area contributed by atoms with Gasteiger partial charge in [-0.25, -0.2) is 0 Å². The lowest BCUT2D eigenvalue weighted by atomic mass is 10.1. The van der Waals surface area contributed by atoms with Crippen molar-refractivity contribution < 1.29 is 14.7 Å². The molecule has 1 fully saturated rings. The third-order valence-corrected chi connectivity index (χ3v) is 6.01. The van der Waals surface area contributed by atoms with Gasteiger partial charge in [-0.2, -0.15) is 0 Å². The second-order valence-electron chi connectivity index (χ2n) is 5.34. The van der Waals surface area contributed by atoms with E-state index in [-0.39, 0.29) is 17.2 Å². The van der Waals surface area contributed by atoms with E-state index in [1.165, 1.54) is 18.2 Å². The summed E-state index contributed by atoms with van der Waals surface area (Å²) in [6.45, 7) is 0.0735. The molecule has 1 saturated heterocycles. The van der Waals surface area contributed by atoms with Crippen molar-refractivity contribution in [1.82, 2.24) is 4.90 Å². The molecule has 0 atom stereocenters. The quantitative estimate of drug-likeness (QED) is 0.506. The SMILES string of the molecule is O=C1S/C(=C\c2cc(Cl)cc(Br)c2O)C(=O)N1Cc1ccc(Cl)c(Cl)c1. The summed E-state index contributed by atoms with van der Waals surface area (Å²) in [5.41, 5.74) is 1.01. The maximum atomic E-state index is 12.6. The molecular weight excluding hydrogens is 485 g/mol. The van der Waals surface area contributed by atoms with Crippen molar-refractivity contribution in [3.05, 3.63) is 65.9 Å². The lowest BCUT2D eigenvalue weighted by molar-refractivity contribution is -0.123. The number of halogens is 4. The largest absolute Gasteiger partial charge is 0.506 e. The summed E-state index contributed by atoms with van der Waals surface area (Å²) in [6, 6.07) is 7.95. The maximum Gasteiger partial charge on any atom is 0.293 e. The molecule has 2 aromatic carbocycles.